The Morgan fingerprint density at radius 3 is 2.63 bits per heavy atom. The van der Waals surface area contributed by atoms with Gasteiger partial charge in [-0.2, -0.15) is 0 Å². The van der Waals surface area contributed by atoms with Crippen molar-refractivity contribution in [1.29, 1.82) is 0 Å². The molecule has 1 atom stereocenters. The lowest BCUT2D eigenvalue weighted by Gasteiger charge is -2.19. The summed E-state index contributed by atoms with van der Waals surface area (Å²) in [5.41, 5.74) is 2.22. The van der Waals surface area contributed by atoms with Gasteiger partial charge in [-0.25, -0.2) is 0 Å². The molecule has 0 aliphatic rings. The van der Waals surface area contributed by atoms with Crippen LogP contribution in [0.1, 0.15) is 30.6 Å². The Hall–Kier alpha value is -1.38. The Balaban J connectivity index is 2.19. The highest BCUT2D eigenvalue weighted by atomic mass is 35.5. The summed E-state index contributed by atoms with van der Waals surface area (Å²) in [4.78, 5) is 4.43. The highest BCUT2D eigenvalue weighted by molar-refractivity contribution is 6.31. The fourth-order valence-electron chi connectivity index (χ4n) is 2.09. The lowest BCUT2D eigenvalue weighted by atomic mass is 10.0. The molecule has 1 unspecified atom stereocenters. The molecule has 0 spiro atoms. The Labute approximate surface area is 119 Å². The van der Waals surface area contributed by atoms with Gasteiger partial charge in [0.05, 0.1) is 16.8 Å². The van der Waals surface area contributed by atoms with E-state index in [2.05, 4.69) is 41.5 Å². The first-order chi connectivity index (χ1) is 9.31. The lowest BCUT2D eigenvalue weighted by Crippen LogP contribution is -2.25. The summed E-state index contributed by atoms with van der Waals surface area (Å²) < 4.78 is 0. The molecule has 0 saturated carbocycles. The smallest absolute Gasteiger partial charge is 0.0762 e. The molecule has 1 heterocycles. The standard InChI is InChI=1S/C16H19ClN2/c1-2-10-18-15(12-13-7-4-3-5-8-13)16-14(17)9-6-11-19-16/h3-9,11,15,18H,2,10,12H2,1H3. The second-order valence-corrected chi connectivity index (χ2v) is 4.97. The quantitative estimate of drug-likeness (QED) is 0.861. The molecule has 0 aliphatic heterocycles. The van der Waals surface area contributed by atoms with Crippen LogP contribution in [0.15, 0.2) is 48.7 Å². The van der Waals surface area contributed by atoms with E-state index in [1.807, 2.05) is 18.2 Å². The fourth-order valence-corrected chi connectivity index (χ4v) is 2.34. The van der Waals surface area contributed by atoms with Gasteiger partial charge in [-0.15, -0.1) is 0 Å². The summed E-state index contributed by atoms with van der Waals surface area (Å²) in [5.74, 6) is 0. The molecule has 0 fully saturated rings. The summed E-state index contributed by atoms with van der Waals surface area (Å²) in [6, 6.07) is 14.4. The highest BCUT2D eigenvalue weighted by Crippen LogP contribution is 2.23. The Morgan fingerprint density at radius 2 is 1.95 bits per heavy atom. The van der Waals surface area contributed by atoms with E-state index in [1.165, 1.54) is 5.56 Å². The fraction of sp³-hybridized carbons (Fsp3) is 0.312. The maximum atomic E-state index is 6.26. The van der Waals surface area contributed by atoms with Gasteiger partial charge < -0.3 is 5.32 Å². The monoisotopic (exact) mass is 274 g/mol. The number of rotatable bonds is 6. The molecule has 100 valence electrons. The summed E-state index contributed by atoms with van der Waals surface area (Å²) in [6.45, 7) is 3.12. The van der Waals surface area contributed by atoms with E-state index in [1.54, 1.807) is 6.20 Å². The molecular weight excluding hydrogens is 256 g/mol. The third kappa shape index (κ3) is 4.05. The molecular formula is C16H19ClN2. The van der Waals surface area contributed by atoms with Crippen LogP contribution < -0.4 is 5.32 Å². The number of benzene rings is 1. The Kier molecular flexibility index (Phi) is 5.37. The van der Waals surface area contributed by atoms with Gasteiger partial charge in [0.25, 0.3) is 0 Å². The van der Waals surface area contributed by atoms with Crippen LogP contribution in [0.4, 0.5) is 0 Å². The predicted octanol–water partition coefficient (Wildman–Crippen LogP) is 4.02. The van der Waals surface area contributed by atoms with Gasteiger partial charge in [-0.05, 0) is 37.1 Å². The van der Waals surface area contributed by atoms with E-state index in [4.69, 9.17) is 11.6 Å². The van der Waals surface area contributed by atoms with Gasteiger partial charge >= 0.3 is 0 Å². The van der Waals surface area contributed by atoms with Crippen LogP contribution in [0.3, 0.4) is 0 Å². The number of nitrogens with zero attached hydrogens (tertiary/aromatic N) is 1. The third-order valence-electron chi connectivity index (χ3n) is 3.04. The molecule has 0 amide bonds. The highest BCUT2D eigenvalue weighted by Gasteiger charge is 2.15. The molecule has 2 rings (SSSR count). The van der Waals surface area contributed by atoms with Crippen LogP contribution >= 0.6 is 11.6 Å². The minimum Gasteiger partial charge on any atom is -0.308 e. The van der Waals surface area contributed by atoms with E-state index in [0.29, 0.717) is 0 Å². The molecule has 1 aromatic heterocycles. The van der Waals surface area contributed by atoms with Crippen LogP contribution in [-0.2, 0) is 6.42 Å². The predicted molar refractivity (Wildman–Crippen MR) is 80.4 cm³/mol. The zero-order chi connectivity index (χ0) is 13.5. The van der Waals surface area contributed by atoms with E-state index < -0.39 is 0 Å². The van der Waals surface area contributed by atoms with Crippen LogP contribution in [0.25, 0.3) is 0 Å². The van der Waals surface area contributed by atoms with Gasteiger partial charge in [0.2, 0.25) is 0 Å². The average molecular weight is 275 g/mol. The molecule has 1 aromatic carbocycles. The molecule has 3 heteroatoms. The largest absolute Gasteiger partial charge is 0.308 e. The lowest BCUT2D eigenvalue weighted by molar-refractivity contribution is 0.518. The zero-order valence-electron chi connectivity index (χ0n) is 11.1. The minimum atomic E-state index is 0.163. The number of hydrogen-bond donors (Lipinski definition) is 1. The second kappa shape index (κ2) is 7.27. The maximum absolute atomic E-state index is 6.26. The van der Waals surface area contributed by atoms with Crippen molar-refractivity contribution in [2.45, 2.75) is 25.8 Å². The van der Waals surface area contributed by atoms with Crippen LogP contribution in [0.2, 0.25) is 5.02 Å². The Bertz CT molecular complexity index is 499. The first-order valence-corrected chi connectivity index (χ1v) is 7.06. The topological polar surface area (TPSA) is 24.9 Å². The molecule has 2 nitrogen and oxygen atoms in total. The van der Waals surface area contributed by atoms with Crippen molar-refractivity contribution in [3.05, 3.63) is 64.9 Å². The van der Waals surface area contributed by atoms with Crippen molar-refractivity contribution in [1.82, 2.24) is 10.3 Å². The van der Waals surface area contributed by atoms with E-state index in [0.717, 1.165) is 30.1 Å². The number of nitrogens with one attached hydrogen (secondary N) is 1. The van der Waals surface area contributed by atoms with Crippen molar-refractivity contribution < 1.29 is 0 Å². The van der Waals surface area contributed by atoms with Gasteiger partial charge in [-0.1, -0.05) is 48.9 Å². The molecule has 0 radical (unpaired) electrons. The third-order valence-corrected chi connectivity index (χ3v) is 3.36. The average Bonchev–Trinajstić information content (AvgIpc) is 2.45. The van der Waals surface area contributed by atoms with Gasteiger partial charge in [0.15, 0.2) is 0 Å². The van der Waals surface area contributed by atoms with E-state index in [9.17, 15) is 0 Å². The number of halogens is 1. The molecule has 0 saturated heterocycles. The molecule has 0 bridgehead atoms. The minimum absolute atomic E-state index is 0.163. The van der Waals surface area contributed by atoms with Crippen molar-refractivity contribution in [2.75, 3.05) is 6.54 Å². The molecule has 1 N–H and O–H groups in total. The number of aromatic nitrogens is 1. The van der Waals surface area contributed by atoms with Gasteiger partial charge in [0, 0.05) is 6.20 Å². The first-order valence-electron chi connectivity index (χ1n) is 6.69. The van der Waals surface area contributed by atoms with Crippen molar-refractivity contribution in [3.63, 3.8) is 0 Å². The number of pyridine rings is 1. The van der Waals surface area contributed by atoms with Crippen LogP contribution in [0, 0.1) is 0 Å². The zero-order valence-corrected chi connectivity index (χ0v) is 11.9. The van der Waals surface area contributed by atoms with E-state index >= 15 is 0 Å². The molecule has 19 heavy (non-hydrogen) atoms. The normalized spacial score (nSPS) is 12.3. The van der Waals surface area contributed by atoms with Crippen LogP contribution in [0.5, 0.6) is 0 Å². The Morgan fingerprint density at radius 1 is 1.16 bits per heavy atom. The molecule has 2 aromatic rings. The van der Waals surface area contributed by atoms with Crippen molar-refractivity contribution in [3.8, 4) is 0 Å². The summed E-state index contributed by atoms with van der Waals surface area (Å²) in [5, 5.41) is 4.26. The number of hydrogen-bond acceptors (Lipinski definition) is 2. The van der Waals surface area contributed by atoms with Crippen molar-refractivity contribution >= 4 is 11.6 Å². The van der Waals surface area contributed by atoms with Crippen molar-refractivity contribution in [2.24, 2.45) is 0 Å². The summed E-state index contributed by atoms with van der Waals surface area (Å²) >= 11 is 6.26. The van der Waals surface area contributed by atoms with Gasteiger partial charge in [0.1, 0.15) is 0 Å². The maximum Gasteiger partial charge on any atom is 0.0762 e. The van der Waals surface area contributed by atoms with E-state index in [-0.39, 0.29) is 6.04 Å². The first kappa shape index (κ1) is 14.0. The van der Waals surface area contributed by atoms with Gasteiger partial charge in [-0.3, -0.25) is 4.98 Å². The molecule has 0 aliphatic carbocycles. The summed E-state index contributed by atoms with van der Waals surface area (Å²) in [6.07, 6.45) is 3.79. The SMILES string of the molecule is CCCNC(Cc1ccccc1)c1ncccc1Cl. The second-order valence-electron chi connectivity index (χ2n) is 4.57. The summed E-state index contributed by atoms with van der Waals surface area (Å²) in [7, 11) is 0. The van der Waals surface area contributed by atoms with Crippen LogP contribution in [-0.4, -0.2) is 11.5 Å².